The van der Waals surface area contributed by atoms with E-state index in [9.17, 15) is 26.3 Å². The lowest BCUT2D eigenvalue weighted by Gasteiger charge is -2.15. The lowest BCUT2D eigenvalue weighted by atomic mass is 10.2. The zero-order valence-corrected chi connectivity index (χ0v) is 8.49. The molecule has 0 bridgehead atoms. The van der Waals surface area contributed by atoms with Crippen LogP contribution in [-0.2, 0) is 6.54 Å². The summed E-state index contributed by atoms with van der Waals surface area (Å²) in [6, 6.07) is 2.59. The monoisotopic (exact) mass is 257 g/mol. The molecule has 0 unspecified atom stereocenters. The van der Waals surface area contributed by atoms with Crippen LogP contribution in [0.2, 0.25) is 0 Å². The normalized spacial score (nSPS) is 12.2. The number of nitrogens with one attached hydrogen (secondary N) is 1. The van der Waals surface area contributed by atoms with Crippen LogP contribution in [-0.4, -0.2) is 18.9 Å². The summed E-state index contributed by atoms with van der Waals surface area (Å²) in [4.78, 5) is 0. The molecule has 1 aromatic rings. The lowest BCUT2D eigenvalue weighted by Crippen LogP contribution is -2.38. The van der Waals surface area contributed by atoms with Gasteiger partial charge in [-0.1, -0.05) is 6.07 Å². The van der Waals surface area contributed by atoms with E-state index in [1.165, 1.54) is 0 Å². The molecule has 17 heavy (non-hydrogen) atoms. The molecular weight excluding hydrogens is 248 g/mol. The summed E-state index contributed by atoms with van der Waals surface area (Å²) in [5.41, 5.74) is -0.0727. The third-order valence-corrected chi connectivity index (χ3v) is 2.01. The molecule has 0 aliphatic rings. The van der Waals surface area contributed by atoms with Crippen molar-refractivity contribution in [2.45, 2.75) is 18.9 Å². The number of benzene rings is 1. The van der Waals surface area contributed by atoms with Gasteiger partial charge in [-0.25, -0.2) is 17.6 Å². The first-order valence-corrected chi connectivity index (χ1v) is 4.63. The number of halogens is 6. The highest BCUT2D eigenvalue weighted by Crippen LogP contribution is 2.21. The van der Waals surface area contributed by atoms with Crippen LogP contribution in [0.3, 0.4) is 0 Å². The summed E-state index contributed by atoms with van der Waals surface area (Å²) in [5.74, 6) is -5.89. The summed E-state index contributed by atoms with van der Waals surface area (Å²) in [5, 5.41) is 1.99. The Bertz CT molecular complexity index is 379. The Kier molecular flexibility index (Phi) is 4.39. The third-order valence-electron chi connectivity index (χ3n) is 2.01. The summed E-state index contributed by atoms with van der Waals surface area (Å²) >= 11 is 0. The van der Waals surface area contributed by atoms with Crippen LogP contribution >= 0.6 is 0 Å². The predicted octanol–water partition coefficient (Wildman–Crippen LogP) is 2.95. The van der Waals surface area contributed by atoms with Crippen molar-refractivity contribution in [2.24, 2.45) is 0 Å². The second kappa shape index (κ2) is 5.39. The maximum absolute atomic E-state index is 13.0. The number of alkyl halides is 4. The Labute approximate surface area is 93.4 Å². The maximum Gasteiger partial charge on any atom is 0.319 e. The minimum absolute atomic E-state index is 0.0727. The van der Waals surface area contributed by atoms with Gasteiger partial charge in [0.1, 0.15) is 11.6 Å². The Balaban J connectivity index is 2.51. The minimum atomic E-state index is -4.17. The van der Waals surface area contributed by atoms with Gasteiger partial charge in [0.05, 0.1) is 6.54 Å². The van der Waals surface area contributed by atoms with E-state index < -0.39 is 30.5 Å². The third kappa shape index (κ3) is 3.92. The molecule has 0 aliphatic heterocycles. The molecule has 1 aromatic carbocycles. The number of hydrogen-bond donors (Lipinski definition) is 1. The van der Waals surface area contributed by atoms with E-state index in [0.29, 0.717) is 6.07 Å². The van der Waals surface area contributed by atoms with E-state index in [1.54, 1.807) is 0 Å². The van der Waals surface area contributed by atoms with Crippen LogP contribution in [0.1, 0.15) is 5.56 Å². The van der Waals surface area contributed by atoms with E-state index in [0.717, 1.165) is 12.1 Å². The first kappa shape index (κ1) is 13.8. The van der Waals surface area contributed by atoms with Crippen molar-refractivity contribution < 1.29 is 26.3 Å². The van der Waals surface area contributed by atoms with Crippen LogP contribution in [0, 0.1) is 11.6 Å². The van der Waals surface area contributed by atoms with E-state index >= 15 is 0 Å². The Hall–Kier alpha value is -1.24. The fraction of sp³-hybridized carbons (Fsp3) is 0.400. The Morgan fingerprint density at radius 2 is 1.82 bits per heavy atom. The van der Waals surface area contributed by atoms with Gasteiger partial charge >= 0.3 is 12.3 Å². The van der Waals surface area contributed by atoms with E-state index in [2.05, 4.69) is 0 Å². The van der Waals surface area contributed by atoms with E-state index in [1.807, 2.05) is 5.32 Å². The van der Waals surface area contributed by atoms with Crippen molar-refractivity contribution in [1.82, 2.24) is 5.32 Å². The van der Waals surface area contributed by atoms with Gasteiger partial charge in [0.25, 0.3) is 0 Å². The first-order chi connectivity index (χ1) is 7.83. The van der Waals surface area contributed by atoms with Gasteiger partial charge < -0.3 is 5.32 Å². The molecule has 1 rings (SSSR count). The number of rotatable bonds is 5. The van der Waals surface area contributed by atoms with Gasteiger partial charge in [0, 0.05) is 18.2 Å². The van der Waals surface area contributed by atoms with Crippen molar-refractivity contribution in [3.8, 4) is 0 Å². The molecule has 0 saturated carbocycles. The van der Waals surface area contributed by atoms with Crippen LogP contribution in [0.5, 0.6) is 0 Å². The quantitative estimate of drug-likeness (QED) is 0.800. The van der Waals surface area contributed by atoms with Crippen LogP contribution in [0.4, 0.5) is 26.3 Å². The van der Waals surface area contributed by atoms with Crippen molar-refractivity contribution in [2.75, 3.05) is 6.54 Å². The molecule has 0 atom stereocenters. The van der Waals surface area contributed by atoms with E-state index in [4.69, 9.17) is 0 Å². The van der Waals surface area contributed by atoms with Crippen molar-refractivity contribution in [3.05, 3.63) is 35.4 Å². The van der Waals surface area contributed by atoms with Gasteiger partial charge in [-0.15, -0.1) is 0 Å². The molecule has 1 N–H and O–H groups in total. The molecular formula is C10H9F6N. The zero-order valence-electron chi connectivity index (χ0n) is 8.49. The lowest BCUT2D eigenvalue weighted by molar-refractivity contribution is -0.125. The molecule has 0 saturated heterocycles. The summed E-state index contributed by atoms with van der Waals surface area (Å²) in [7, 11) is 0. The standard InChI is InChI=1S/C10H9F6N/c11-7-2-1-6(8(12)3-7)4-17-5-10(15,16)9(13)14/h1-3,9,17H,4-5H2. The highest BCUT2D eigenvalue weighted by Gasteiger charge is 2.39. The van der Waals surface area contributed by atoms with Gasteiger partial charge in [-0.05, 0) is 6.07 Å². The molecule has 0 aliphatic carbocycles. The highest BCUT2D eigenvalue weighted by atomic mass is 19.3. The molecule has 1 nitrogen and oxygen atoms in total. The van der Waals surface area contributed by atoms with E-state index in [-0.39, 0.29) is 12.1 Å². The SMILES string of the molecule is Fc1ccc(CNCC(F)(F)C(F)F)c(F)c1. The van der Waals surface area contributed by atoms with Crippen LogP contribution < -0.4 is 5.32 Å². The summed E-state index contributed by atoms with van der Waals surface area (Å²) < 4.78 is 73.9. The molecule has 0 aromatic heterocycles. The van der Waals surface area contributed by atoms with Gasteiger partial charge in [0.15, 0.2) is 0 Å². The average molecular weight is 257 g/mol. The van der Waals surface area contributed by atoms with Crippen molar-refractivity contribution in [3.63, 3.8) is 0 Å². The molecule has 96 valence electrons. The average Bonchev–Trinajstić information content (AvgIpc) is 2.21. The maximum atomic E-state index is 13.0. The van der Waals surface area contributed by atoms with Gasteiger partial charge in [-0.3, -0.25) is 0 Å². The Morgan fingerprint density at radius 3 is 2.35 bits per heavy atom. The molecule has 0 amide bonds. The second-order valence-electron chi connectivity index (χ2n) is 3.40. The zero-order chi connectivity index (χ0) is 13.1. The predicted molar refractivity (Wildman–Crippen MR) is 49.0 cm³/mol. The molecule has 0 fully saturated rings. The van der Waals surface area contributed by atoms with Crippen molar-refractivity contribution in [1.29, 1.82) is 0 Å². The minimum Gasteiger partial charge on any atom is -0.307 e. The summed E-state index contributed by atoms with van der Waals surface area (Å²) in [6.07, 6.45) is -3.78. The fourth-order valence-corrected chi connectivity index (χ4v) is 1.11. The van der Waals surface area contributed by atoms with Gasteiger partial charge in [-0.2, -0.15) is 8.78 Å². The first-order valence-electron chi connectivity index (χ1n) is 4.63. The fourth-order valence-electron chi connectivity index (χ4n) is 1.11. The molecule has 0 heterocycles. The van der Waals surface area contributed by atoms with Gasteiger partial charge in [0.2, 0.25) is 0 Å². The van der Waals surface area contributed by atoms with Crippen molar-refractivity contribution >= 4 is 0 Å². The topological polar surface area (TPSA) is 12.0 Å². The summed E-state index contributed by atoms with van der Waals surface area (Å²) in [6.45, 7) is -1.66. The number of hydrogen-bond acceptors (Lipinski definition) is 1. The second-order valence-corrected chi connectivity index (χ2v) is 3.40. The molecule has 0 spiro atoms. The Morgan fingerprint density at radius 1 is 1.18 bits per heavy atom. The largest absolute Gasteiger partial charge is 0.319 e. The van der Waals surface area contributed by atoms with Crippen LogP contribution in [0.25, 0.3) is 0 Å². The smallest absolute Gasteiger partial charge is 0.307 e. The van der Waals surface area contributed by atoms with Crippen LogP contribution in [0.15, 0.2) is 18.2 Å². The highest BCUT2D eigenvalue weighted by molar-refractivity contribution is 5.18. The molecule has 0 radical (unpaired) electrons. The molecule has 7 heteroatoms.